The highest BCUT2D eigenvalue weighted by Gasteiger charge is 2.23. The summed E-state index contributed by atoms with van der Waals surface area (Å²) in [4.78, 5) is 14.4. The molecule has 0 amide bonds. The van der Waals surface area contributed by atoms with Crippen LogP contribution in [0.2, 0.25) is 0 Å². The van der Waals surface area contributed by atoms with Crippen molar-refractivity contribution < 1.29 is 4.74 Å². The number of anilines is 2. The van der Waals surface area contributed by atoms with E-state index in [2.05, 4.69) is 15.0 Å². The second kappa shape index (κ2) is 4.96. The van der Waals surface area contributed by atoms with Gasteiger partial charge in [-0.2, -0.15) is 15.0 Å². The van der Waals surface area contributed by atoms with E-state index in [4.69, 9.17) is 10.5 Å². The zero-order chi connectivity index (χ0) is 14.1. The van der Waals surface area contributed by atoms with Gasteiger partial charge >= 0.3 is 0 Å². The first-order chi connectivity index (χ1) is 9.61. The fourth-order valence-corrected chi connectivity index (χ4v) is 1.77. The highest BCUT2D eigenvalue weighted by atomic mass is 16.5. The molecule has 0 aliphatic heterocycles. The van der Waals surface area contributed by atoms with E-state index in [1.54, 1.807) is 4.90 Å². The van der Waals surface area contributed by atoms with Crippen LogP contribution in [0.4, 0.5) is 11.9 Å². The van der Waals surface area contributed by atoms with Crippen LogP contribution in [0, 0.1) is 0 Å². The molecule has 1 aliphatic rings. The molecular formula is C14H17N5O. The van der Waals surface area contributed by atoms with Crippen molar-refractivity contribution in [2.45, 2.75) is 18.9 Å². The maximum atomic E-state index is 5.73. The van der Waals surface area contributed by atoms with Gasteiger partial charge in [-0.25, -0.2) is 0 Å². The van der Waals surface area contributed by atoms with Crippen molar-refractivity contribution in [1.82, 2.24) is 15.0 Å². The van der Waals surface area contributed by atoms with Crippen molar-refractivity contribution in [3.63, 3.8) is 0 Å². The molecular weight excluding hydrogens is 254 g/mol. The molecule has 0 unspecified atom stereocenters. The van der Waals surface area contributed by atoms with Gasteiger partial charge in [0.25, 0.3) is 0 Å². The van der Waals surface area contributed by atoms with Crippen LogP contribution in [0.3, 0.4) is 0 Å². The number of nitrogens with two attached hydrogens (primary N) is 1. The van der Waals surface area contributed by atoms with Gasteiger partial charge in [0.1, 0.15) is 5.75 Å². The second-order valence-electron chi connectivity index (χ2n) is 5.05. The fourth-order valence-electron chi connectivity index (χ4n) is 1.77. The number of ether oxygens (including phenoxy) is 1. The maximum absolute atomic E-state index is 5.73. The molecule has 2 aromatic rings. The molecule has 0 atom stereocenters. The van der Waals surface area contributed by atoms with E-state index in [9.17, 15) is 0 Å². The molecule has 104 valence electrons. The molecule has 1 heterocycles. The number of benzene rings is 1. The highest BCUT2D eigenvalue weighted by Crippen LogP contribution is 2.28. The standard InChI is InChI=1S/C14H17N5O/c1-19(2)14-17-12(16-13(15)18-14)9-3-5-10(6-4-9)20-11-7-8-11/h3-6,11H,7-8H2,1-2H3,(H2,15,16,17,18). The first kappa shape index (κ1) is 12.7. The van der Waals surface area contributed by atoms with Crippen LogP contribution < -0.4 is 15.4 Å². The van der Waals surface area contributed by atoms with E-state index in [-0.39, 0.29) is 5.95 Å². The first-order valence-corrected chi connectivity index (χ1v) is 6.58. The largest absolute Gasteiger partial charge is 0.490 e. The summed E-state index contributed by atoms with van der Waals surface area (Å²) >= 11 is 0. The molecule has 0 bridgehead atoms. The summed E-state index contributed by atoms with van der Waals surface area (Å²) in [5, 5.41) is 0. The molecule has 0 spiro atoms. The van der Waals surface area contributed by atoms with Gasteiger partial charge in [0.2, 0.25) is 11.9 Å². The topological polar surface area (TPSA) is 77.2 Å². The second-order valence-corrected chi connectivity index (χ2v) is 5.05. The van der Waals surface area contributed by atoms with Crippen LogP contribution in [0.25, 0.3) is 11.4 Å². The molecule has 0 radical (unpaired) electrons. The Morgan fingerprint density at radius 2 is 1.80 bits per heavy atom. The predicted octanol–water partition coefficient (Wildman–Crippen LogP) is 1.73. The lowest BCUT2D eigenvalue weighted by molar-refractivity contribution is 0.303. The van der Waals surface area contributed by atoms with Crippen molar-refractivity contribution >= 4 is 11.9 Å². The number of nitrogens with zero attached hydrogens (tertiary/aromatic N) is 4. The summed E-state index contributed by atoms with van der Waals surface area (Å²) in [6.45, 7) is 0. The number of hydrogen-bond donors (Lipinski definition) is 1. The summed E-state index contributed by atoms with van der Waals surface area (Å²) in [6.07, 6.45) is 2.70. The van der Waals surface area contributed by atoms with Crippen LogP contribution in [-0.2, 0) is 0 Å². The average molecular weight is 271 g/mol. The Bertz CT molecular complexity index is 607. The number of nitrogen functional groups attached to an aromatic ring is 1. The maximum Gasteiger partial charge on any atom is 0.230 e. The molecule has 1 aromatic carbocycles. The third-order valence-corrected chi connectivity index (χ3v) is 2.98. The minimum atomic E-state index is 0.219. The van der Waals surface area contributed by atoms with Gasteiger partial charge in [0.05, 0.1) is 6.10 Å². The van der Waals surface area contributed by atoms with Crippen LogP contribution in [0.1, 0.15) is 12.8 Å². The van der Waals surface area contributed by atoms with Gasteiger partial charge in [-0.05, 0) is 37.1 Å². The Labute approximate surface area is 117 Å². The molecule has 0 saturated heterocycles. The summed E-state index contributed by atoms with van der Waals surface area (Å²) in [6, 6.07) is 7.74. The van der Waals surface area contributed by atoms with Crippen molar-refractivity contribution in [1.29, 1.82) is 0 Å². The minimum Gasteiger partial charge on any atom is -0.490 e. The molecule has 1 fully saturated rings. The quantitative estimate of drug-likeness (QED) is 0.912. The molecule has 1 aromatic heterocycles. The van der Waals surface area contributed by atoms with Crippen LogP contribution in [0.5, 0.6) is 5.75 Å². The summed E-state index contributed by atoms with van der Waals surface area (Å²) in [5.74, 6) is 2.22. The lowest BCUT2D eigenvalue weighted by atomic mass is 10.2. The highest BCUT2D eigenvalue weighted by molar-refractivity contribution is 5.58. The van der Waals surface area contributed by atoms with Crippen molar-refractivity contribution in [3.8, 4) is 17.1 Å². The molecule has 2 N–H and O–H groups in total. The van der Waals surface area contributed by atoms with Crippen LogP contribution in [-0.4, -0.2) is 35.2 Å². The Morgan fingerprint density at radius 3 is 2.40 bits per heavy atom. The third kappa shape index (κ3) is 2.79. The van der Waals surface area contributed by atoms with E-state index < -0.39 is 0 Å². The van der Waals surface area contributed by atoms with Crippen molar-refractivity contribution in [2.75, 3.05) is 24.7 Å². The third-order valence-electron chi connectivity index (χ3n) is 2.98. The van der Waals surface area contributed by atoms with E-state index in [0.29, 0.717) is 17.9 Å². The van der Waals surface area contributed by atoms with Gasteiger partial charge in [0, 0.05) is 19.7 Å². The number of hydrogen-bond acceptors (Lipinski definition) is 6. The smallest absolute Gasteiger partial charge is 0.230 e. The average Bonchev–Trinajstić information content (AvgIpc) is 3.23. The van der Waals surface area contributed by atoms with Gasteiger partial charge in [0.15, 0.2) is 5.82 Å². The zero-order valence-electron chi connectivity index (χ0n) is 11.6. The predicted molar refractivity (Wildman–Crippen MR) is 77.7 cm³/mol. The summed E-state index contributed by atoms with van der Waals surface area (Å²) < 4.78 is 5.72. The number of rotatable bonds is 4. The molecule has 1 saturated carbocycles. The summed E-state index contributed by atoms with van der Waals surface area (Å²) in [7, 11) is 3.73. The molecule has 3 rings (SSSR count). The minimum absolute atomic E-state index is 0.219. The van der Waals surface area contributed by atoms with E-state index in [1.165, 1.54) is 0 Å². The summed E-state index contributed by atoms with van der Waals surface area (Å²) in [5.41, 5.74) is 6.62. The van der Waals surface area contributed by atoms with E-state index in [0.717, 1.165) is 24.2 Å². The molecule has 6 heteroatoms. The Hall–Kier alpha value is -2.37. The van der Waals surface area contributed by atoms with Crippen molar-refractivity contribution in [3.05, 3.63) is 24.3 Å². The van der Waals surface area contributed by atoms with Gasteiger partial charge in [-0.1, -0.05) is 0 Å². The van der Waals surface area contributed by atoms with Crippen molar-refractivity contribution in [2.24, 2.45) is 0 Å². The monoisotopic (exact) mass is 271 g/mol. The Balaban J connectivity index is 1.87. The SMILES string of the molecule is CN(C)c1nc(N)nc(-c2ccc(OC3CC3)cc2)n1. The number of aromatic nitrogens is 3. The van der Waals surface area contributed by atoms with Gasteiger partial charge in [-0.3, -0.25) is 0 Å². The molecule has 6 nitrogen and oxygen atoms in total. The lowest BCUT2D eigenvalue weighted by Crippen LogP contribution is -2.15. The molecule has 20 heavy (non-hydrogen) atoms. The lowest BCUT2D eigenvalue weighted by Gasteiger charge is -2.11. The van der Waals surface area contributed by atoms with Crippen LogP contribution in [0.15, 0.2) is 24.3 Å². The van der Waals surface area contributed by atoms with Gasteiger partial charge < -0.3 is 15.4 Å². The zero-order valence-corrected chi connectivity index (χ0v) is 11.6. The Morgan fingerprint density at radius 1 is 1.10 bits per heavy atom. The van der Waals surface area contributed by atoms with Crippen LogP contribution >= 0.6 is 0 Å². The molecule has 1 aliphatic carbocycles. The van der Waals surface area contributed by atoms with E-state index in [1.807, 2.05) is 38.4 Å². The Kier molecular flexibility index (Phi) is 3.14. The normalized spacial score (nSPS) is 14.1. The first-order valence-electron chi connectivity index (χ1n) is 6.58. The fraction of sp³-hybridized carbons (Fsp3) is 0.357. The van der Waals surface area contributed by atoms with Gasteiger partial charge in [-0.15, -0.1) is 0 Å². The van der Waals surface area contributed by atoms with E-state index >= 15 is 0 Å².